The molecule has 1 atom stereocenters. The maximum Gasteiger partial charge on any atom is 0.163 e. The molecule has 0 spiro atoms. The van der Waals surface area contributed by atoms with Crippen LogP contribution in [0.5, 0.6) is 11.5 Å². The summed E-state index contributed by atoms with van der Waals surface area (Å²) < 4.78 is 10.5. The quantitative estimate of drug-likeness (QED) is 0.806. The third kappa shape index (κ3) is 2.86. The molecule has 0 aliphatic carbocycles. The highest BCUT2D eigenvalue weighted by atomic mass is 16.5. The Bertz CT molecular complexity index is 310. The highest BCUT2D eigenvalue weighted by Crippen LogP contribution is 2.31. The van der Waals surface area contributed by atoms with Gasteiger partial charge < -0.3 is 14.6 Å². The van der Waals surface area contributed by atoms with Gasteiger partial charge in [-0.2, -0.15) is 0 Å². The van der Waals surface area contributed by atoms with Gasteiger partial charge in [-0.25, -0.2) is 0 Å². The summed E-state index contributed by atoms with van der Waals surface area (Å²) in [5, 5.41) is 9.01. The first-order valence-electron chi connectivity index (χ1n) is 5.03. The van der Waals surface area contributed by atoms with Crippen LogP contribution in [0.2, 0.25) is 0 Å². The fourth-order valence-corrected chi connectivity index (χ4v) is 1.55. The molecule has 1 aromatic carbocycles. The molecule has 84 valence electrons. The fourth-order valence-electron chi connectivity index (χ4n) is 1.55. The lowest BCUT2D eigenvalue weighted by Crippen LogP contribution is -2.06. The van der Waals surface area contributed by atoms with Crippen molar-refractivity contribution in [2.45, 2.75) is 13.3 Å². The lowest BCUT2D eigenvalue weighted by atomic mass is 10.0. The van der Waals surface area contributed by atoms with Gasteiger partial charge in [-0.3, -0.25) is 0 Å². The number of hydrogen-bond acceptors (Lipinski definition) is 3. The number of rotatable bonds is 5. The summed E-state index contributed by atoms with van der Waals surface area (Å²) in [6, 6.07) is 5.79. The first-order chi connectivity index (χ1) is 7.22. The van der Waals surface area contributed by atoms with Crippen LogP contribution in [0.15, 0.2) is 18.2 Å². The van der Waals surface area contributed by atoms with Gasteiger partial charge in [0.05, 0.1) is 14.2 Å². The van der Waals surface area contributed by atoms with Gasteiger partial charge in [0.2, 0.25) is 0 Å². The van der Waals surface area contributed by atoms with E-state index in [1.807, 2.05) is 25.1 Å². The average molecular weight is 210 g/mol. The molecule has 0 heterocycles. The van der Waals surface area contributed by atoms with E-state index >= 15 is 0 Å². The van der Waals surface area contributed by atoms with E-state index in [0.29, 0.717) is 0 Å². The predicted molar refractivity (Wildman–Crippen MR) is 59.5 cm³/mol. The first-order valence-corrected chi connectivity index (χ1v) is 5.03. The Morgan fingerprint density at radius 1 is 1.27 bits per heavy atom. The van der Waals surface area contributed by atoms with Crippen molar-refractivity contribution in [2.75, 3.05) is 20.8 Å². The zero-order chi connectivity index (χ0) is 11.3. The molecular weight excluding hydrogens is 192 g/mol. The highest BCUT2D eigenvalue weighted by Gasteiger charge is 2.11. The second-order valence-corrected chi connectivity index (χ2v) is 3.64. The normalized spacial score (nSPS) is 12.3. The predicted octanol–water partition coefficient (Wildman–Crippen LogP) is 1.87. The van der Waals surface area contributed by atoms with E-state index in [9.17, 15) is 0 Å². The van der Waals surface area contributed by atoms with Crippen LogP contribution < -0.4 is 9.47 Å². The minimum Gasteiger partial charge on any atom is -0.493 e. The topological polar surface area (TPSA) is 38.7 Å². The van der Waals surface area contributed by atoms with E-state index in [2.05, 4.69) is 0 Å². The van der Waals surface area contributed by atoms with Gasteiger partial charge in [0.1, 0.15) is 0 Å². The van der Waals surface area contributed by atoms with Crippen LogP contribution in [0.4, 0.5) is 0 Å². The van der Waals surface area contributed by atoms with Gasteiger partial charge in [-0.05, 0) is 24.0 Å². The van der Waals surface area contributed by atoms with Gasteiger partial charge >= 0.3 is 0 Å². The van der Waals surface area contributed by atoms with Crippen molar-refractivity contribution in [3.8, 4) is 11.5 Å². The Hall–Kier alpha value is -1.22. The van der Waals surface area contributed by atoms with E-state index in [0.717, 1.165) is 23.5 Å². The van der Waals surface area contributed by atoms with Crippen molar-refractivity contribution >= 4 is 0 Å². The first kappa shape index (κ1) is 11.9. The minimum atomic E-state index is 0.181. The summed E-state index contributed by atoms with van der Waals surface area (Å²) in [7, 11) is 3.25. The van der Waals surface area contributed by atoms with Crippen molar-refractivity contribution in [3.63, 3.8) is 0 Å². The van der Waals surface area contributed by atoms with Gasteiger partial charge in [0, 0.05) is 6.61 Å². The lowest BCUT2D eigenvalue weighted by Gasteiger charge is -2.14. The summed E-state index contributed by atoms with van der Waals surface area (Å²) in [6.45, 7) is 2.18. The number of ether oxygens (including phenoxy) is 2. The Kier molecular flexibility index (Phi) is 4.43. The highest BCUT2D eigenvalue weighted by molar-refractivity contribution is 5.46. The van der Waals surface area contributed by atoms with Gasteiger partial charge in [-0.1, -0.05) is 19.1 Å². The van der Waals surface area contributed by atoms with Crippen LogP contribution in [-0.2, 0) is 6.42 Å². The van der Waals surface area contributed by atoms with Crippen molar-refractivity contribution in [1.29, 1.82) is 0 Å². The molecule has 3 nitrogen and oxygen atoms in total. The summed E-state index contributed by atoms with van der Waals surface area (Å²) in [6.07, 6.45) is 0.789. The standard InChI is InChI=1S/C12H18O3/c1-9(8-13)7-10-5-4-6-11(14-2)12(10)15-3/h4-6,9,13H,7-8H2,1-3H3/t9-/m0/s1. The number of hydrogen-bond donors (Lipinski definition) is 1. The molecule has 0 saturated heterocycles. The number of aliphatic hydroxyl groups excluding tert-OH is 1. The monoisotopic (exact) mass is 210 g/mol. The smallest absolute Gasteiger partial charge is 0.163 e. The molecule has 1 aromatic rings. The molecule has 0 aromatic heterocycles. The van der Waals surface area contributed by atoms with Crippen LogP contribution in [0, 0.1) is 5.92 Å². The molecule has 1 N–H and O–H groups in total. The third-order valence-corrected chi connectivity index (χ3v) is 2.36. The number of aliphatic hydroxyl groups is 1. The average Bonchev–Trinajstić information content (AvgIpc) is 2.28. The summed E-state index contributed by atoms with van der Waals surface area (Å²) >= 11 is 0. The molecule has 0 unspecified atom stereocenters. The fraction of sp³-hybridized carbons (Fsp3) is 0.500. The lowest BCUT2D eigenvalue weighted by molar-refractivity contribution is 0.235. The van der Waals surface area contributed by atoms with Crippen LogP contribution in [0.1, 0.15) is 12.5 Å². The molecule has 0 amide bonds. The second-order valence-electron chi connectivity index (χ2n) is 3.64. The summed E-state index contributed by atoms with van der Waals surface area (Å²) in [4.78, 5) is 0. The third-order valence-electron chi connectivity index (χ3n) is 2.36. The summed E-state index contributed by atoms with van der Waals surface area (Å²) in [5.41, 5.74) is 1.07. The SMILES string of the molecule is COc1cccc(C[C@H](C)CO)c1OC. The largest absolute Gasteiger partial charge is 0.493 e. The molecule has 0 aliphatic rings. The Labute approximate surface area is 90.6 Å². The van der Waals surface area contributed by atoms with Gasteiger partial charge in [0.15, 0.2) is 11.5 Å². The van der Waals surface area contributed by atoms with Crippen LogP contribution >= 0.6 is 0 Å². The zero-order valence-corrected chi connectivity index (χ0v) is 9.49. The molecule has 1 rings (SSSR count). The number of methoxy groups -OCH3 is 2. The van der Waals surface area contributed by atoms with Crippen molar-refractivity contribution in [3.05, 3.63) is 23.8 Å². The van der Waals surface area contributed by atoms with E-state index in [4.69, 9.17) is 14.6 Å². The molecular formula is C12H18O3. The molecule has 3 heteroatoms. The van der Waals surface area contributed by atoms with Gasteiger partial charge in [-0.15, -0.1) is 0 Å². The molecule has 0 saturated carbocycles. The van der Waals surface area contributed by atoms with Crippen molar-refractivity contribution < 1.29 is 14.6 Å². The Balaban J connectivity index is 2.95. The second kappa shape index (κ2) is 5.61. The van der Waals surface area contributed by atoms with Gasteiger partial charge in [0.25, 0.3) is 0 Å². The summed E-state index contributed by atoms with van der Waals surface area (Å²) in [5.74, 6) is 1.73. The van der Waals surface area contributed by atoms with E-state index in [-0.39, 0.29) is 12.5 Å². The molecule has 0 fully saturated rings. The van der Waals surface area contributed by atoms with Crippen LogP contribution in [0.25, 0.3) is 0 Å². The van der Waals surface area contributed by atoms with E-state index < -0.39 is 0 Å². The van der Waals surface area contributed by atoms with Crippen LogP contribution in [0.3, 0.4) is 0 Å². The van der Waals surface area contributed by atoms with E-state index in [1.165, 1.54) is 0 Å². The van der Waals surface area contributed by atoms with Crippen molar-refractivity contribution in [2.24, 2.45) is 5.92 Å². The zero-order valence-electron chi connectivity index (χ0n) is 9.49. The van der Waals surface area contributed by atoms with Crippen LogP contribution in [-0.4, -0.2) is 25.9 Å². The maximum atomic E-state index is 9.01. The van der Waals surface area contributed by atoms with E-state index in [1.54, 1.807) is 14.2 Å². The maximum absolute atomic E-state index is 9.01. The molecule has 0 aliphatic heterocycles. The molecule has 0 bridgehead atoms. The Morgan fingerprint density at radius 3 is 2.53 bits per heavy atom. The molecule has 0 radical (unpaired) electrons. The number of para-hydroxylation sites is 1. The molecule has 15 heavy (non-hydrogen) atoms. The number of benzene rings is 1. The van der Waals surface area contributed by atoms with Crippen molar-refractivity contribution in [1.82, 2.24) is 0 Å². The minimum absolute atomic E-state index is 0.181. The Morgan fingerprint density at radius 2 is 2.00 bits per heavy atom.